The highest BCUT2D eigenvalue weighted by molar-refractivity contribution is 7.20. The molecule has 8 rings (SSSR count). The van der Waals surface area contributed by atoms with Crippen LogP contribution in [0.1, 0.15) is 20.8 Å². The van der Waals surface area contributed by atoms with Crippen molar-refractivity contribution in [3.05, 3.63) is 224 Å². The van der Waals surface area contributed by atoms with E-state index >= 15 is 35.1 Å². The van der Waals surface area contributed by atoms with Gasteiger partial charge in [0.15, 0.2) is 76.0 Å². The van der Waals surface area contributed by atoms with Gasteiger partial charge in [-0.15, -0.1) is 21.9 Å². The number of nitrogens with zero attached hydrogens (tertiary/aromatic N) is 1. The van der Waals surface area contributed by atoms with E-state index in [1.165, 1.54) is 0 Å². The number of hydrogen-bond acceptors (Lipinski definition) is 3. The number of hydrogen-bond donors (Lipinski definition) is 0. The number of carbonyl (C=O) groups excluding carboxylic acids is 2. The number of Topliss-reactive ketones (excluding diaryl/α,β-unsaturated/α-hetero) is 1. The van der Waals surface area contributed by atoms with Gasteiger partial charge in [0, 0.05) is 16.7 Å². The molecule has 0 spiro atoms. The van der Waals surface area contributed by atoms with Crippen molar-refractivity contribution in [3.63, 3.8) is 0 Å². The lowest BCUT2D eigenvalue weighted by Crippen LogP contribution is -2.81. The number of halogens is 21. The van der Waals surface area contributed by atoms with Crippen LogP contribution >= 0.6 is 11.6 Å². The van der Waals surface area contributed by atoms with Gasteiger partial charge in [-0.3, -0.25) is 4.79 Å². The lowest BCUT2D eigenvalue weighted by Gasteiger charge is -2.44. The van der Waals surface area contributed by atoms with E-state index in [4.69, 9.17) is 16.3 Å². The molecular formula is C48H17BClF20NO3. The molecule has 0 N–H and O–H groups in total. The average molecular weight is 1080 g/mol. The molecule has 0 bridgehead atoms. The molecule has 74 heavy (non-hydrogen) atoms. The predicted molar refractivity (Wildman–Crippen MR) is 221 cm³/mol. The Kier molecular flexibility index (Phi) is 14.9. The highest BCUT2D eigenvalue weighted by atomic mass is 35.5. The Morgan fingerprint density at radius 3 is 1.15 bits per heavy atom. The number of ketones is 1. The molecule has 0 unspecified atom stereocenters. The normalized spacial score (nSPS) is 11.5. The summed E-state index contributed by atoms with van der Waals surface area (Å²) in [6.07, 6.45) is -5.48. The Hall–Kier alpha value is -7.96. The Balaban J connectivity index is 0.000000237. The van der Waals surface area contributed by atoms with E-state index in [1.807, 2.05) is 48.5 Å². The third-order valence-corrected chi connectivity index (χ3v) is 11.5. The fraction of sp³-hybridized carbons (Fsp3) is 0.0208. The minimum absolute atomic E-state index is 0.0226. The number of rotatable bonds is 9. The number of benzene rings is 7. The number of aromatic nitrogens is 1. The summed E-state index contributed by atoms with van der Waals surface area (Å²) >= 11 is 6.00. The summed E-state index contributed by atoms with van der Waals surface area (Å²) in [6, 6.07) is 25.0. The van der Waals surface area contributed by atoms with Crippen molar-refractivity contribution >= 4 is 62.1 Å². The molecule has 8 aromatic rings. The first-order chi connectivity index (χ1) is 34.8. The summed E-state index contributed by atoms with van der Waals surface area (Å²) in [5.74, 6) is -71.7. The minimum atomic E-state index is -7.22. The van der Waals surface area contributed by atoms with Gasteiger partial charge >= 0.3 is 5.97 Å². The van der Waals surface area contributed by atoms with Crippen LogP contribution in [0.5, 0.6) is 5.75 Å². The standard InChI is InChI=1S/C24BF20.C24H17ClNO3/c26-5-1(6(27)14(35)21(42)13(5)34)25(2-7(28)15(36)22(43)16(37)8(2)29,3-9(30)17(38)23(44)18(39)10(3)31)4-11(32)19(40)24(45)20(41)12(4)33;25-19-10-6-11-20(15-19)29-24(28)23-21-12-5-4-7-17(21)13-14-26(23)16-22(27)18-8-2-1-3-9-18/h;1-15H,16H2/q-1;+1. The molecule has 382 valence electrons. The maximum atomic E-state index is 15.4. The molecule has 1 heterocycles. The number of carbonyl (C=O) groups is 2. The van der Waals surface area contributed by atoms with E-state index in [0.717, 1.165) is 5.39 Å². The second-order valence-corrected chi connectivity index (χ2v) is 15.8. The van der Waals surface area contributed by atoms with Gasteiger partial charge in [0.1, 0.15) is 58.4 Å². The molecule has 0 saturated heterocycles. The summed E-state index contributed by atoms with van der Waals surface area (Å²) in [7, 11) is 0. The van der Waals surface area contributed by atoms with Crippen LogP contribution in [0.15, 0.2) is 91.1 Å². The van der Waals surface area contributed by atoms with E-state index in [-0.39, 0.29) is 12.3 Å². The van der Waals surface area contributed by atoms with Crippen LogP contribution in [0.25, 0.3) is 10.8 Å². The average Bonchev–Trinajstić information content (AvgIpc) is 3.38. The highest BCUT2D eigenvalue weighted by Gasteiger charge is 2.52. The number of pyridine rings is 1. The lowest BCUT2D eigenvalue weighted by atomic mass is 9.12. The number of esters is 1. The van der Waals surface area contributed by atoms with Gasteiger partial charge in [0.2, 0.25) is 12.3 Å². The van der Waals surface area contributed by atoms with E-state index < -0.39 is 150 Å². The van der Waals surface area contributed by atoms with Gasteiger partial charge in [0.25, 0.3) is 5.69 Å². The topological polar surface area (TPSA) is 47.2 Å². The van der Waals surface area contributed by atoms with Crippen LogP contribution in [0.3, 0.4) is 0 Å². The summed E-state index contributed by atoms with van der Waals surface area (Å²) < 4.78 is 301. The van der Waals surface area contributed by atoms with Crippen molar-refractivity contribution in [2.75, 3.05) is 0 Å². The fourth-order valence-electron chi connectivity index (χ4n) is 8.05. The summed E-state index contributed by atoms with van der Waals surface area (Å²) in [5, 5.41) is 2.07. The summed E-state index contributed by atoms with van der Waals surface area (Å²) in [6.45, 7) is 0.0226. The Bertz CT molecular complexity index is 3260. The fourth-order valence-corrected chi connectivity index (χ4v) is 8.23. The summed E-state index contributed by atoms with van der Waals surface area (Å²) in [4.78, 5) is 25.8. The smallest absolute Gasteiger partial charge is 0.409 e. The molecule has 0 saturated carbocycles. The molecule has 0 aliphatic heterocycles. The highest BCUT2D eigenvalue weighted by Crippen LogP contribution is 2.31. The van der Waals surface area contributed by atoms with Gasteiger partial charge in [-0.2, -0.15) is 4.57 Å². The second kappa shape index (κ2) is 20.5. The molecule has 26 heteroatoms. The van der Waals surface area contributed by atoms with E-state index in [2.05, 4.69) is 0 Å². The zero-order valence-corrected chi connectivity index (χ0v) is 36.3. The molecule has 7 aromatic carbocycles. The van der Waals surface area contributed by atoms with E-state index in [9.17, 15) is 62.3 Å². The molecule has 0 radical (unpaired) electrons. The van der Waals surface area contributed by atoms with Crippen LogP contribution in [0.2, 0.25) is 5.02 Å². The van der Waals surface area contributed by atoms with Crippen molar-refractivity contribution in [1.82, 2.24) is 0 Å². The molecule has 0 fully saturated rings. The quantitative estimate of drug-likeness (QED) is 0.0212. The third kappa shape index (κ3) is 8.80. The molecule has 0 atom stereocenters. The molecule has 0 aliphatic rings. The van der Waals surface area contributed by atoms with Gasteiger partial charge < -0.3 is 4.74 Å². The second-order valence-electron chi connectivity index (χ2n) is 15.3. The van der Waals surface area contributed by atoms with Gasteiger partial charge in [-0.05, 0) is 29.7 Å². The van der Waals surface area contributed by atoms with Gasteiger partial charge in [-0.1, -0.05) is 66.2 Å². The van der Waals surface area contributed by atoms with Crippen LogP contribution in [0, 0.1) is 116 Å². The van der Waals surface area contributed by atoms with Gasteiger partial charge in [-0.25, -0.2) is 92.6 Å². The van der Waals surface area contributed by atoms with Crippen molar-refractivity contribution in [1.29, 1.82) is 0 Å². The minimum Gasteiger partial charge on any atom is -0.418 e. The molecule has 0 amide bonds. The zero-order chi connectivity index (χ0) is 54.6. The maximum Gasteiger partial charge on any atom is 0.409 e. The Morgan fingerprint density at radius 1 is 0.419 bits per heavy atom. The number of ether oxygens (including phenoxy) is 1. The first kappa shape index (κ1) is 53.8. The van der Waals surface area contributed by atoms with Crippen molar-refractivity contribution in [3.8, 4) is 5.75 Å². The third-order valence-electron chi connectivity index (χ3n) is 11.3. The van der Waals surface area contributed by atoms with Crippen LogP contribution in [-0.4, -0.2) is 17.9 Å². The molecule has 4 nitrogen and oxygen atoms in total. The van der Waals surface area contributed by atoms with Crippen LogP contribution in [0.4, 0.5) is 87.8 Å². The SMILES string of the molecule is Fc1c(F)c(F)c([B-](c2c(F)c(F)c(F)c(F)c2F)(c2c(F)c(F)c(F)c(F)c2F)c2c(F)c(F)c(F)c(F)c2F)c(F)c1F.O=C(C[n+]1ccc2ccccc2c1C(=O)Oc1cccc(Cl)c1)c1ccccc1. The van der Waals surface area contributed by atoms with E-state index in [0.29, 0.717) is 27.4 Å². The van der Waals surface area contributed by atoms with Crippen LogP contribution in [-0.2, 0) is 6.54 Å². The van der Waals surface area contributed by atoms with Crippen LogP contribution < -0.4 is 31.2 Å². The Morgan fingerprint density at radius 2 is 0.770 bits per heavy atom. The number of fused-ring (bicyclic) bond motifs is 1. The van der Waals surface area contributed by atoms with Crippen molar-refractivity contribution in [2.45, 2.75) is 6.54 Å². The first-order valence-electron chi connectivity index (χ1n) is 20.0. The zero-order valence-electron chi connectivity index (χ0n) is 35.6. The lowest BCUT2D eigenvalue weighted by molar-refractivity contribution is -0.684. The molecule has 1 aromatic heterocycles. The van der Waals surface area contributed by atoms with E-state index in [1.54, 1.807) is 47.2 Å². The Labute approximate surface area is 404 Å². The predicted octanol–water partition coefficient (Wildman–Crippen LogP) is 10.7. The first-order valence-corrected chi connectivity index (χ1v) is 20.4. The monoisotopic (exact) mass is 1080 g/mol. The largest absolute Gasteiger partial charge is 0.418 e. The van der Waals surface area contributed by atoms with Crippen molar-refractivity contribution in [2.24, 2.45) is 0 Å². The molecule has 0 aliphatic carbocycles. The maximum absolute atomic E-state index is 15.4. The summed E-state index contributed by atoms with van der Waals surface area (Å²) in [5.41, 5.74) is -13.4. The van der Waals surface area contributed by atoms with Crippen molar-refractivity contribution < 1.29 is 107 Å². The molecular weight excluding hydrogens is 1060 g/mol. The van der Waals surface area contributed by atoms with Gasteiger partial charge in [0.05, 0.1) is 5.39 Å².